The lowest BCUT2D eigenvalue weighted by Gasteiger charge is -2.25. The molecule has 1 aromatic rings. The summed E-state index contributed by atoms with van der Waals surface area (Å²) >= 11 is 0. The lowest BCUT2D eigenvalue weighted by Crippen LogP contribution is -2.37. The first-order chi connectivity index (χ1) is 8.48. The van der Waals surface area contributed by atoms with Crippen LogP contribution in [0.15, 0.2) is 36.4 Å². The molecule has 0 aliphatic carbocycles. The summed E-state index contributed by atoms with van der Waals surface area (Å²) in [7, 11) is 0. The Labute approximate surface area is 108 Å². The minimum Gasteiger partial charge on any atom is -0.465 e. The fraction of sp³-hybridized carbons (Fsp3) is 0.400. The van der Waals surface area contributed by atoms with E-state index in [4.69, 9.17) is 4.74 Å². The van der Waals surface area contributed by atoms with E-state index in [1.54, 1.807) is 32.9 Å². The number of carbonyl (C=O) groups is 1. The molecule has 0 aliphatic heterocycles. The van der Waals surface area contributed by atoms with Crippen LogP contribution in [0, 0.1) is 5.41 Å². The molecule has 1 atom stereocenters. The summed E-state index contributed by atoms with van der Waals surface area (Å²) in [4.78, 5) is 11.7. The molecule has 0 radical (unpaired) electrons. The number of benzene rings is 1. The van der Waals surface area contributed by atoms with Gasteiger partial charge in [-0.2, -0.15) is 0 Å². The molecule has 0 aromatic heterocycles. The first kappa shape index (κ1) is 14.5. The molecule has 1 unspecified atom stereocenters. The van der Waals surface area contributed by atoms with E-state index >= 15 is 0 Å². The third-order valence-electron chi connectivity index (χ3n) is 2.81. The number of carbonyl (C=O) groups excluding carboxylic acids is 1. The molecule has 0 fully saturated rings. The van der Waals surface area contributed by atoms with E-state index in [1.165, 1.54) is 0 Å². The molecule has 0 saturated carbocycles. The predicted octanol–water partition coefficient (Wildman–Crippen LogP) is 2.65. The van der Waals surface area contributed by atoms with Crippen molar-refractivity contribution in [2.24, 2.45) is 5.41 Å². The topological polar surface area (TPSA) is 46.5 Å². The zero-order chi connectivity index (χ0) is 13.6. The van der Waals surface area contributed by atoms with E-state index in [0.29, 0.717) is 6.61 Å². The van der Waals surface area contributed by atoms with Gasteiger partial charge in [0.05, 0.1) is 18.1 Å². The minimum absolute atomic E-state index is 0.317. The van der Waals surface area contributed by atoms with Gasteiger partial charge in [0.1, 0.15) is 0 Å². The molecule has 3 heteroatoms. The maximum atomic E-state index is 11.7. The summed E-state index contributed by atoms with van der Waals surface area (Å²) in [5.74, 6) is -0.393. The molecule has 3 nitrogen and oxygen atoms in total. The number of esters is 1. The van der Waals surface area contributed by atoms with Crippen molar-refractivity contribution >= 4 is 12.0 Å². The second kappa shape index (κ2) is 6.36. The molecule has 0 spiro atoms. The first-order valence-electron chi connectivity index (χ1n) is 6.07. The predicted molar refractivity (Wildman–Crippen MR) is 71.9 cm³/mol. The van der Waals surface area contributed by atoms with Crippen molar-refractivity contribution in [3.8, 4) is 0 Å². The van der Waals surface area contributed by atoms with Gasteiger partial charge in [0.2, 0.25) is 0 Å². The normalized spacial score (nSPS) is 13.6. The molecular formula is C15H20O3. The van der Waals surface area contributed by atoms with Crippen LogP contribution in [-0.2, 0) is 9.53 Å². The number of aliphatic hydroxyl groups is 1. The Morgan fingerprint density at radius 1 is 1.39 bits per heavy atom. The van der Waals surface area contributed by atoms with E-state index in [1.807, 2.05) is 30.3 Å². The van der Waals surface area contributed by atoms with Crippen LogP contribution < -0.4 is 0 Å². The summed E-state index contributed by atoms with van der Waals surface area (Å²) in [6.07, 6.45) is 2.54. The first-order valence-corrected chi connectivity index (χ1v) is 6.07. The average molecular weight is 248 g/mol. The largest absolute Gasteiger partial charge is 0.465 e. The van der Waals surface area contributed by atoms with Crippen LogP contribution in [0.2, 0.25) is 0 Å². The quantitative estimate of drug-likeness (QED) is 0.815. The Morgan fingerprint density at radius 2 is 2.00 bits per heavy atom. The summed E-state index contributed by atoms with van der Waals surface area (Å²) in [5.41, 5.74) is 0.0394. The molecule has 1 aromatic carbocycles. The van der Waals surface area contributed by atoms with E-state index in [2.05, 4.69) is 0 Å². The van der Waals surface area contributed by atoms with Crippen LogP contribution >= 0.6 is 0 Å². The van der Waals surface area contributed by atoms with E-state index < -0.39 is 17.5 Å². The van der Waals surface area contributed by atoms with Gasteiger partial charge in [-0.1, -0.05) is 42.5 Å². The molecule has 0 amide bonds. The van der Waals surface area contributed by atoms with Crippen molar-refractivity contribution < 1.29 is 14.6 Å². The third kappa shape index (κ3) is 3.70. The minimum atomic E-state index is -0.943. The van der Waals surface area contributed by atoms with Crippen LogP contribution in [0.3, 0.4) is 0 Å². The highest BCUT2D eigenvalue weighted by Gasteiger charge is 2.35. The zero-order valence-corrected chi connectivity index (χ0v) is 11.1. The highest BCUT2D eigenvalue weighted by atomic mass is 16.5. The standard InChI is InChI=1S/C15H20O3/c1-4-18-14(17)15(2,3)13(16)11-10-12-8-6-5-7-9-12/h5-11,13,16H,4H2,1-3H3/b11-10+. The maximum absolute atomic E-state index is 11.7. The van der Waals surface area contributed by atoms with Gasteiger partial charge in [-0.25, -0.2) is 0 Å². The van der Waals surface area contributed by atoms with Gasteiger partial charge < -0.3 is 9.84 Å². The molecule has 1 rings (SSSR count). The summed E-state index contributed by atoms with van der Waals surface area (Å²) in [5, 5.41) is 10.0. The van der Waals surface area contributed by atoms with Crippen molar-refractivity contribution in [2.75, 3.05) is 6.61 Å². The number of hydrogen-bond acceptors (Lipinski definition) is 3. The molecule has 1 N–H and O–H groups in total. The molecule has 0 heterocycles. The van der Waals surface area contributed by atoms with Crippen molar-refractivity contribution in [3.63, 3.8) is 0 Å². The summed E-state index contributed by atoms with van der Waals surface area (Å²) in [6.45, 7) is 5.41. The van der Waals surface area contributed by atoms with E-state index in [0.717, 1.165) is 5.56 Å². The van der Waals surface area contributed by atoms with Crippen LogP contribution in [0.1, 0.15) is 26.3 Å². The van der Waals surface area contributed by atoms with Gasteiger partial charge in [0.25, 0.3) is 0 Å². The van der Waals surface area contributed by atoms with Crippen molar-refractivity contribution in [3.05, 3.63) is 42.0 Å². The number of rotatable bonds is 5. The lowest BCUT2D eigenvalue weighted by atomic mass is 9.86. The number of ether oxygens (including phenoxy) is 1. The fourth-order valence-corrected chi connectivity index (χ4v) is 1.44. The molecular weight excluding hydrogens is 228 g/mol. The average Bonchev–Trinajstić information content (AvgIpc) is 2.37. The summed E-state index contributed by atoms with van der Waals surface area (Å²) < 4.78 is 4.95. The monoisotopic (exact) mass is 248 g/mol. The van der Waals surface area contributed by atoms with Gasteiger partial charge >= 0.3 is 5.97 Å². The molecule has 0 saturated heterocycles. The second-order valence-electron chi connectivity index (χ2n) is 4.66. The van der Waals surface area contributed by atoms with Gasteiger partial charge in [-0.05, 0) is 26.3 Å². The Kier molecular flexibility index (Phi) is 5.10. The number of aliphatic hydroxyl groups excluding tert-OH is 1. The van der Waals surface area contributed by atoms with Crippen LogP contribution in [0.5, 0.6) is 0 Å². The van der Waals surface area contributed by atoms with Gasteiger partial charge in [0, 0.05) is 0 Å². The Balaban J connectivity index is 2.72. The lowest BCUT2D eigenvalue weighted by molar-refractivity contribution is -0.158. The van der Waals surface area contributed by atoms with E-state index in [9.17, 15) is 9.90 Å². The zero-order valence-electron chi connectivity index (χ0n) is 11.1. The fourth-order valence-electron chi connectivity index (χ4n) is 1.44. The Hall–Kier alpha value is -1.61. The Morgan fingerprint density at radius 3 is 2.56 bits per heavy atom. The van der Waals surface area contributed by atoms with Crippen molar-refractivity contribution in [2.45, 2.75) is 26.9 Å². The highest BCUT2D eigenvalue weighted by molar-refractivity contribution is 5.77. The highest BCUT2D eigenvalue weighted by Crippen LogP contribution is 2.24. The molecule has 18 heavy (non-hydrogen) atoms. The van der Waals surface area contributed by atoms with Crippen molar-refractivity contribution in [1.82, 2.24) is 0 Å². The molecule has 98 valence electrons. The van der Waals surface area contributed by atoms with Gasteiger partial charge in [-0.15, -0.1) is 0 Å². The van der Waals surface area contributed by atoms with Gasteiger partial charge in [-0.3, -0.25) is 4.79 Å². The Bertz CT molecular complexity index is 407. The SMILES string of the molecule is CCOC(=O)C(C)(C)C(O)/C=C/c1ccccc1. The third-order valence-corrected chi connectivity index (χ3v) is 2.81. The summed E-state index contributed by atoms with van der Waals surface area (Å²) in [6, 6.07) is 9.63. The molecule has 0 aliphatic rings. The number of hydrogen-bond donors (Lipinski definition) is 1. The van der Waals surface area contributed by atoms with Gasteiger partial charge in [0.15, 0.2) is 0 Å². The van der Waals surface area contributed by atoms with Crippen LogP contribution in [-0.4, -0.2) is 23.8 Å². The van der Waals surface area contributed by atoms with Crippen molar-refractivity contribution in [1.29, 1.82) is 0 Å². The molecule has 0 bridgehead atoms. The second-order valence-corrected chi connectivity index (χ2v) is 4.66. The maximum Gasteiger partial charge on any atom is 0.314 e. The smallest absolute Gasteiger partial charge is 0.314 e. The van der Waals surface area contributed by atoms with E-state index in [-0.39, 0.29) is 0 Å². The van der Waals surface area contributed by atoms with Crippen LogP contribution in [0.25, 0.3) is 6.08 Å². The van der Waals surface area contributed by atoms with Crippen LogP contribution in [0.4, 0.5) is 0 Å².